The molecule has 0 aliphatic carbocycles. The molecule has 0 radical (unpaired) electrons. The van der Waals surface area contributed by atoms with Gasteiger partial charge in [0.15, 0.2) is 0 Å². The normalized spacial score (nSPS) is 12.8. The second-order valence-electron chi connectivity index (χ2n) is 9.26. The van der Waals surface area contributed by atoms with E-state index in [1.54, 1.807) is 38.4 Å². The number of rotatable bonds is 14. The highest BCUT2D eigenvalue weighted by Crippen LogP contribution is 2.17. The Morgan fingerprint density at radius 3 is 2.28 bits per heavy atom. The van der Waals surface area contributed by atoms with Gasteiger partial charge >= 0.3 is 5.97 Å². The molecule has 1 aliphatic rings. The number of hydrogen-bond donors (Lipinski definition) is 0. The fourth-order valence-corrected chi connectivity index (χ4v) is 3.38. The summed E-state index contributed by atoms with van der Waals surface area (Å²) < 4.78 is 10.6. The summed E-state index contributed by atoms with van der Waals surface area (Å²) in [5.74, 6) is -1.00. The Kier molecular flexibility index (Phi) is 11.5. The summed E-state index contributed by atoms with van der Waals surface area (Å²) in [5.41, 5.74) is 1.35. The SMILES string of the molecule is CC(C)CC(=O)OCCCOCCN(C)C(=O)CC(=O)N(C)c1ccc(CC(=O)N2CCC2=O)cc1. The van der Waals surface area contributed by atoms with Crippen LogP contribution in [0, 0.1) is 5.92 Å². The molecule has 1 aromatic rings. The second-order valence-corrected chi connectivity index (χ2v) is 9.26. The number of ether oxygens (including phenoxy) is 2. The molecule has 1 saturated heterocycles. The number of imide groups is 1. The van der Waals surface area contributed by atoms with Crippen LogP contribution in [-0.4, -0.2) is 86.4 Å². The zero-order valence-electron chi connectivity index (χ0n) is 21.7. The summed E-state index contributed by atoms with van der Waals surface area (Å²) in [6.07, 6.45) is 1.23. The number of likely N-dealkylation sites (tertiary alicyclic amines) is 1. The summed E-state index contributed by atoms with van der Waals surface area (Å²) in [4.78, 5) is 64.0. The van der Waals surface area contributed by atoms with Crippen molar-refractivity contribution in [3.05, 3.63) is 29.8 Å². The first-order valence-corrected chi connectivity index (χ1v) is 12.2. The number of likely N-dealkylation sites (N-methyl/N-ethyl adjacent to an activating group) is 1. The molecule has 1 heterocycles. The molecule has 2 rings (SSSR count). The molecule has 0 atom stereocenters. The van der Waals surface area contributed by atoms with E-state index in [-0.39, 0.29) is 48.4 Å². The van der Waals surface area contributed by atoms with Crippen LogP contribution in [-0.2, 0) is 39.9 Å². The molecule has 0 bridgehead atoms. The molecule has 1 aliphatic heterocycles. The van der Waals surface area contributed by atoms with E-state index in [4.69, 9.17) is 9.47 Å². The number of anilines is 1. The Balaban J connectivity index is 1.65. The molecule has 1 aromatic carbocycles. The lowest BCUT2D eigenvalue weighted by Gasteiger charge is -2.28. The van der Waals surface area contributed by atoms with Crippen LogP contribution >= 0.6 is 0 Å². The van der Waals surface area contributed by atoms with Gasteiger partial charge in [-0.3, -0.25) is 28.9 Å². The maximum Gasteiger partial charge on any atom is 0.306 e. The highest BCUT2D eigenvalue weighted by atomic mass is 16.5. The fraction of sp³-hybridized carbons (Fsp3) is 0.577. The first kappa shape index (κ1) is 29.0. The highest BCUT2D eigenvalue weighted by Gasteiger charge is 2.29. The quantitative estimate of drug-likeness (QED) is 0.165. The zero-order chi connectivity index (χ0) is 26.7. The molecule has 0 spiro atoms. The lowest BCUT2D eigenvalue weighted by atomic mass is 10.1. The Labute approximate surface area is 212 Å². The molecule has 36 heavy (non-hydrogen) atoms. The zero-order valence-corrected chi connectivity index (χ0v) is 21.7. The van der Waals surface area contributed by atoms with Crippen molar-refractivity contribution in [3.8, 4) is 0 Å². The number of benzene rings is 1. The minimum Gasteiger partial charge on any atom is -0.466 e. The maximum absolute atomic E-state index is 12.6. The third-order valence-corrected chi connectivity index (χ3v) is 5.77. The molecular formula is C26H37N3O7. The molecule has 0 N–H and O–H groups in total. The topological polar surface area (TPSA) is 114 Å². The summed E-state index contributed by atoms with van der Waals surface area (Å²) in [6, 6.07) is 6.89. The largest absolute Gasteiger partial charge is 0.466 e. The Morgan fingerprint density at radius 2 is 1.69 bits per heavy atom. The van der Waals surface area contributed by atoms with E-state index >= 15 is 0 Å². The molecule has 198 valence electrons. The minimum atomic E-state index is -0.356. The number of esters is 1. The predicted molar refractivity (Wildman–Crippen MR) is 133 cm³/mol. The standard InChI is InChI=1S/C26H37N3O7/c1-19(2)16-26(34)36-14-5-13-35-15-12-27(3)23(31)18-24(32)28(4)21-8-6-20(7-9-21)17-25(33)29-11-10-22(29)30/h6-9,19H,5,10-18H2,1-4H3. The van der Waals surface area contributed by atoms with Crippen molar-refractivity contribution < 1.29 is 33.4 Å². The number of β-lactam (4-membered cyclic amide) rings is 1. The van der Waals surface area contributed by atoms with Gasteiger partial charge < -0.3 is 19.3 Å². The van der Waals surface area contributed by atoms with E-state index in [1.807, 2.05) is 13.8 Å². The van der Waals surface area contributed by atoms with Crippen molar-refractivity contribution in [1.29, 1.82) is 0 Å². The first-order chi connectivity index (χ1) is 17.1. The molecule has 10 nitrogen and oxygen atoms in total. The van der Waals surface area contributed by atoms with Crippen LogP contribution in [0.1, 0.15) is 45.1 Å². The summed E-state index contributed by atoms with van der Waals surface area (Å²) in [6.45, 7) is 5.75. The van der Waals surface area contributed by atoms with Crippen molar-refractivity contribution in [3.63, 3.8) is 0 Å². The molecule has 4 amide bonds. The van der Waals surface area contributed by atoms with Crippen LogP contribution in [0.5, 0.6) is 0 Å². The number of amides is 4. The lowest BCUT2D eigenvalue weighted by molar-refractivity contribution is -0.152. The molecule has 1 fully saturated rings. The van der Waals surface area contributed by atoms with E-state index in [2.05, 4.69) is 0 Å². The minimum absolute atomic E-state index is 0.123. The molecule has 10 heteroatoms. The average Bonchev–Trinajstić information content (AvgIpc) is 2.81. The van der Waals surface area contributed by atoms with E-state index in [9.17, 15) is 24.0 Å². The van der Waals surface area contributed by atoms with E-state index in [0.29, 0.717) is 57.9 Å². The van der Waals surface area contributed by atoms with Crippen molar-refractivity contribution in [2.24, 2.45) is 5.92 Å². The van der Waals surface area contributed by atoms with Gasteiger partial charge in [-0.05, 0) is 23.6 Å². The lowest BCUT2D eigenvalue weighted by Crippen LogP contribution is -2.48. The number of carbonyl (C=O) groups excluding carboxylic acids is 5. The van der Waals surface area contributed by atoms with Crippen LogP contribution in [0.15, 0.2) is 24.3 Å². The van der Waals surface area contributed by atoms with Crippen LogP contribution in [0.2, 0.25) is 0 Å². The maximum atomic E-state index is 12.6. The first-order valence-electron chi connectivity index (χ1n) is 12.2. The summed E-state index contributed by atoms with van der Waals surface area (Å²) in [7, 11) is 3.20. The van der Waals surface area contributed by atoms with Crippen molar-refractivity contribution in [2.75, 3.05) is 51.9 Å². The van der Waals surface area contributed by atoms with Gasteiger partial charge in [0, 0.05) is 58.7 Å². The molecule has 0 saturated carbocycles. The van der Waals surface area contributed by atoms with Gasteiger partial charge in [-0.25, -0.2) is 0 Å². The predicted octanol–water partition coefficient (Wildman–Crippen LogP) is 1.80. The Bertz CT molecular complexity index is 930. The molecule has 0 aromatic heterocycles. The second kappa shape index (κ2) is 14.3. The Hall–Kier alpha value is -3.27. The number of carbonyl (C=O) groups is 5. The molecule has 0 unspecified atom stereocenters. The fourth-order valence-electron chi connectivity index (χ4n) is 3.38. The van der Waals surface area contributed by atoms with Crippen molar-refractivity contribution in [1.82, 2.24) is 9.80 Å². The van der Waals surface area contributed by atoms with Crippen molar-refractivity contribution >= 4 is 35.3 Å². The third-order valence-electron chi connectivity index (χ3n) is 5.77. The number of hydrogen-bond acceptors (Lipinski definition) is 7. The van der Waals surface area contributed by atoms with Crippen LogP contribution < -0.4 is 4.90 Å². The van der Waals surface area contributed by atoms with E-state index in [1.165, 1.54) is 14.7 Å². The Morgan fingerprint density at radius 1 is 1.00 bits per heavy atom. The monoisotopic (exact) mass is 503 g/mol. The smallest absolute Gasteiger partial charge is 0.306 e. The van der Waals surface area contributed by atoms with Gasteiger partial charge in [0.05, 0.1) is 19.6 Å². The van der Waals surface area contributed by atoms with Gasteiger partial charge in [0.1, 0.15) is 6.42 Å². The van der Waals surface area contributed by atoms with Gasteiger partial charge in [-0.1, -0.05) is 26.0 Å². The third kappa shape index (κ3) is 9.41. The number of nitrogens with zero attached hydrogens (tertiary/aromatic N) is 3. The van der Waals surface area contributed by atoms with Crippen LogP contribution in [0.4, 0.5) is 5.69 Å². The van der Waals surface area contributed by atoms with Crippen molar-refractivity contribution in [2.45, 2.75) is 46.0 Å². The average molecular weight is 504 g/mol. The van der Waals surface area contributed by atoms with Crippen LogP contribution in [0.25, 0.3) is 0 Å². The molecular weight excluding hydrogens is 466 g/mol. The van der Waals surface area contributed by atoms with Gasteiger partial charge in [0.25, 0.3) is 0 Å². The highest BCUT2D eigenvalue weighted by molar-refractivity contribution is 6.04. The van der Waals surface area contributed by atoms with Gasteiger partial charge in [-0.2, -0.15) is 0 Å². The van der Waals surface area contributed by atoms with Crippen LogP contribution in [0.3, 0.4) is 0 Å². The summed E-state index contributed by atoms with van der Waals surface area (Å²) in [5, 5.41) is 0. The van der Waals surface area contributed by atoms with E-state index < -0.39 is 0 Å². The van der Waals surface area contributed by atoms with Gasteiger partial charge in [0.2, 0.25) is 23.6 Å². The van der Waals surface area contributed by atoms with Gasteiger partial charge in [-0.15, -0.1) is 0 Å². The van der Waals surface area contributed by atoms with E-state index in [0.717, 1.165) is 5.56 Å². The summed E-state index contributed by atoms with van der Waals surface area (Å²) >= 11 is 0.